The Balaban J connectivity index is 2.97. The van der Waals surface area contributed by atoms with Crippen molar-refractivity contribution >= 4 is 17.5 Å². The molecule has 1 heterocycles. The molecule has 0 aliphatic carbocycles. The summed E-state index contributed by atoms with van der Waals surface area (Å²) < 4.78 is 37.7. The molecule has 2 N–H and O–H groups in total. The minimum atomic E-state index is -4.32. The molecule has 0 bridgehead atoms. The monoisotopic (exact) mass is 389 g/mol. The zero-order valence-corrected chi connectivity index (χ0v) is 15.8. The van der Waals surface area contributed by atoms with Gasteiger partial charge in [-0.25, -0.2) is 0 Å². The highest BCUT2D eigenvalue weighted by Gasteiger charge is 2.32. The van der Waals surface area contributed by atoms with Crippen LogP contribution in [0.3, 0.4) is 0 Å². The van der Waals surface area contributed by atoms with E-state index in [2.05, 4.69) is 23.8 Å². The molecule has 1 rings (SSSR count). The summed E-state index contributed by atoms with van der Waals surface area (Å²) in [4.78, 5) is 14.2. The van der Waals surface area contributed by atoms with E-state index in [0.717, 1.165) is 0 Å². The van der Waals surface area contributed by atoms with Crippen LogP contribution in [0.5, 0.6) is 0 Å². The summed E-state index contributed by atoms with van der Waals surface area (Å²) in [5.41, 5.74) is 2.06. The van der Waals surface area contributed by atoms with E-state index >= 15 is 0 Å². The van der Waals surface area contributed by atoms with Crippen LogP contribution in [-0.4, -0.2) is 36.6 Å². The fourth-order valence-electron chi connectivity index (χ4n) is 2.42. The molecule has 4 nitrogen and oxygen atoms in total. The Morgan fingerprint density at radius 1 is 1.42 bits per heavy atom. The second-order valence-electron chi connectivity index (χ2n) is 6.00. The second kappa shape index (κ2) is 9.09. The van der Waals surface area contributed by atoms with Crippen LogP contribution in [0.25, 0.3) is 0 Å². The molecular weight excluding hydrogens is 367 g/mol. The van der Waals surface area contributed by atoms with Crippen LogP contribution in [0.2, 0.25) is 0 Å². The number of halogens is 4. The van der Waals surface area contributed by atoms with Crippen molar-refractivity contribution in [2.24, 2.45) is 0 Å². The highest BCUT2D eigenvalue weighted by Crippen LogP contribution is 2.30. The van der Waals surface area contributed by atoms with Crippen LogP contribution in [0, 0.1) is 0 Å². The van der Waals surface area contributed by atoms with Crippen molar-refractivity contribution in [2.75, 3.05) is 13.6 Å². The van der Waals surface area contributed by atoms with Gasteiger partial charge in [-0.2, -0.15) is 13.2 Å². The molecule has 0 saturated heterocycles. The number of carbonyl (C=O) groups is 1. The van der Waals surface area contributed by atoms with Gasteiger partial charge in [0.25, 0.3) is 5.91 Å². The minimum absolute atomic E-state index is 0.173. The summed E-state index contributed by atoms with van der Waals surface area (Å²) in [6.45, 7) is 10.9. The van der Waals surface area contributed by atoms with Crippen molar-refractivity contribution < 1.29 is 18.0 Å². The SMILES string of the molecule is C=CC1=CC(Cl)=CN(C(C(=O)NCC(CC(F)(F)F)NC)=C(C)C)C1=C. The molecule has 8 heteroatoms. The lowest BCUT2D eigenvalue weighted by Crippen LogP contribution is -2.44. The molecule has 1 atom stereocenters. The van der Waals surface area contributed by atoms with Gasteiger partial charge < -0.3 is 15.5 Å². The Morgan fingerprint density at radius 3 is 2.50 bits per heavy atom. The van der Waals surface area contributed by atoms with Crippen LogP contribution in [-0.2, 0) is 4.79 Å². The number of amides is 1. The molecule has 1 unspecified atom stereocenters. The van der Waals surface area contributed by atoms with Crippen molar-refractivity contribution in [1.29, 1.82) is 0 Å². The van der Waals surface area contributed by atoms with Gasteiger partial charge in [0.2, 0.25) is 0 Å². The first kappa shape index (κ1) is 22.1. The lowest BCUT2D eigenvalue weighted by molar-refractivity contribution is -0.140. The fourth-order valence-corrected chi connectivity index (χ4v) is 2.63. The third-order valence-corrected chi connectivity index (χ3v) is 3.92. The molecule has 26 heavy (non-hydrogen) atoms. The number of rotatable bonds is 7. The maximum absolute atomic E-state index is 12.6. The Kier molecular flexibility index (Phi) is 7.71. The molecule has 0 aromatic heterocycles. The highest BCUT2D eigenvalue weighted by molar-refractivity contribution is 6.31. The topological polar surface area (TPSA) is 44.4 Å². The highest BCUT2D eigenvalue weighted by atomic mass is 35.5. The average molecular weight is 390 g/mol. The largest absolute Gasteiger partial charge is 0.390 e. The number of allylic oxidation sites excluding steroid dienone is 4. The number of nitrogens with zero attached hydrogens (tertiary/aromatic N) is 1. The van der Waals surface area contributed by atoms with Gasteiger partial charge in [0.1, 0.15) is 5.70 Å². The van der Waals surface area contributed by atoms with Gasteiger partial charge in [0, 0.05) is 24.5 Å². The summed E-state index contributed by atoms with van der Waals surface area (Å²) in [5.74, 6) is -0.514. The predicted molar refractivity (Wildman–Crippen MR) is 98.1 cm³/mol. The van der Waals surface area contributed by atoms with E-state index < -0.39 is 24.5 Å². The average Bonchev–Trinajstić information content (AvgIpc) is 2.53. The van der Waals surface area contributed by atoms with Crippen LogP contribution >= 0.6 is 11.6 Å². The van der Waals surface area contributed by atoms with Gasteiger partial charge in [-0.15, -0.1) is 0 Å². The summed E-state index contributed by atoms with van der Waals surface area (Å²) in [5, 5.41) is 5.48. The molecule has 0 saturated carbocycles. The summed E-state index contributed by atoms with van der Waals surface area (Å²) in [6, 6.07) is -0.926. The standard InChI is InChI=1S/C18H23ClF3N3O/c1-6-13-7-14(19)10-25(12(13)4)16(11(2)3)17(26)24-9-15(23-5)8-18(20,21)22/h6-7,10,15,23H,1,4,8-9H2,2-3,5H3,(H,24,26). The number of nitrogens with one attached hydrogen (secondary N) is 2. The summed E-state index contributed by atoms with van der Waals surface area (Å²) in [6.07, 6.45) is -0.609. The van der Waals surface area contributed by atoms with Crippen LogP contribution in [0.1, 0.15) is 20.3 Å². The van der Waals surface area contributed by atoms with Gasteiger partial charge in [-0.1, -0.05) is 30.8 Å². The number of hydrogen-bond donors (Lipinski definition) is 2. The Labute approximate surface area is 156 Å². The first-order chi connectivity index (χ1) is 12.0. The van der Waals surface area contributed by atoms with Crippen LogP contribution < -0.4 is 10.6 Å². The maximum Gasteiger partial charge on any atom is 0.390 e. The molecule has 1 aliphatic rings. The molecule has 1 aliphatic heterocycles. The minimum Gasteiger partial charge on any atom is -0.349 e. The molecule has 1 amide bonds. The van der Waals surface area contributed by atoms with Crippen molar-refractivity contribution in [3.8, 4) is 0 Å². The van der Waals surface area contributed by atoms with Gasteiger partial charge in [0.05, 0.1) is 11.5 Å². The van der Waals surface area contributed by atoms with E-state index in [1.165, 1.54) is 18.1 Å². The van der Waals surface area contributed by atoms with E-state index in [1.54, 1.807) is 26.0 Å². The molecule has 0 aromatic carbocycles. The second-order valence-corrected chi connectivity index (χ2v) is 6.43. The maximum atomic E-state index is 12.6. The Hall–Kier alpha value is -1.99. The van der Waals surface area contributed by atoms with Crippen molar-refractivity contribution in [2.45, 2.75) is 32.5 Å². The van der Waals surface area contributed by atoms with E-state index in [4.69, 9.17) is 11.6 Å². The van der Waals surface area contributed by atoms with Gasteiger partial charge in [-0.3, -0.25) is 4.79 Å². The zero-order valence-electron chi connectivity index (χ0n) is 15.0. The lowest BCUT2D eigenvalue weighted by Gasteiger charge is -2.30. The first-order valence-corrected chi connectivity index (χ1v) is 8.27. The first-order valence-electron chi connectivity index (χ1n) is 7.89. The van der Waals surface area contributed by atoms with Crippen molar-refractivity contribution in [1.82, 2.24) is 15.5 Å². The number of carbonyl (C=O) groups excluding carboxylic acids is 1. The molecule has 0 aromatic rings. The third-order valence-electron chi connectivity index (χ3n) is 3.71. The van der Waals surface area contributed by atoms with Crippen molar-refractivity contribution in [3.63, 3.8) is 0 Å². The van der Waals surface area contributed by atoms with Crippen molar-refractivity contribution in [3.05, 3.63) is 59.1 Å². The van der Waals surface area contributed by atoms with E-state index in [0.29, 0.717) is 21.9 Å². The van der Waals surface area contributed by atoms with Gasteiger partial charge >= 0.3 is 6.18 Å². The Bertz CT molecular complexity index is 674. The molecular formula is C18H23ClF3N3O. The number of hydrogen-bond acceptors (Lipinski definition) is 3. The van der Waals surface area contributed by atoms with E-state index in [1.807, 2.05) is 0 Å². The lowest BCUT2D eigenvalue weighted by atomic mass is 10.1. The zero-order chi connectivity index (χ0) is 20.1. The van der Waals surface area contributed by atoms with Crippen LogP contribution in [0.4, 0.5) is 13.2 Å². The Morgan fingerprint density at radius 2 is 2.04 bits per heavy atom. The van der Waals surface area contributed by atoms with E-state index in [9.17, 15) is 18.0 Å². The van der Waals surface area contributed by atoms with Gasteiger partial charge in [-0.05, 0) is 38.1 Å². The molecule has 144 valence electrons. The summed E-state index contributed by atoms with van der Waals surface area (Å²) >= 11 is 6.09. The fraction of sp³-hybridized carbons (Fsp3) is 0.389. The number of alkyl halides is 3. The van der Waals surface area contributed by atoms with Crippen LogP contribution in [0.15, 0.2) is 59.1 Å². The quantitative estimate of drug-likeness (QED) is 0.648. The molecule has 0 spiro atoms. The normalized spacial score (nSPS) is 15.8. The molecule has 0 radical (unpaired) electrons. The molecule has 0 fully saturated rings. The summed E-state index contributed by atoms with van der Waals surface area (Å²) in [7, 11) is 1.42. The van der Waals surface area contributed by atoms with Gasteiger partial charge in [0.15, 0.2) is 0 Å². The number of likely N-dealkylation sites (N-methyl/N-ethyl adjacent to an activating group) is 1. The third kappa shape index (κ3) is 6.07. The predicted octanol–water partition coefficient (Wildman–Crippen LogP) is 3.96. The smallest absolute Gasteiger partial charge is 0.349 e. The van der Waals surface area contributed by atoms with E-state index in [-0.39, 0.29) is 12.2 Å².